The van der Waals surface area contributed by atoms with Crippen LogP contribution in [0, 0.1) is 9.81 Å². The van der Waals surface area contributed by atoms with Gasteiger partial charge >= 0.3 is 5.97 Å². The van der Waals surface area contributed by atoms with Crippen molar-refractivity contribution in [1.82, 2.24) is 0 Å². The molecule has 0 amide bonds. The Kier molecular flexibility index (Phi) is 1.70. The molecule has 0 aromatic heterocycles. The maximum Gasteiger partial charge on any atom is 0.337 e. The minimum Gasteiger partial charge on any atom is -0.461 e. The average molecular weight is 144 g/mol. The first kappa shape index (κ1) is 6.79. The largest absolute Gasteiger partial charge is 0.461 e. The van der Waals surface area contributed by atoms with Crippen LogP contribution in [0.3, 0.4) is 0 Å². The maximum absolute atomic E-state index is 10.5. The summed E-state index contributed by atoms with van der Waals surface area (Å²) >= 11 is 0. The number of esters is 1. The average Bonchev–Trinajstić information content (AvgIpc) is 2.30. The first-order valence-corrected chi connectivity index (χ1v) is 2.61. The summed E-state index contributed by atoms with van der Waals surface area (Å²) in [6.07, 6.45) is 0. The molecule has 0 N–H and O–H groups in total. The van der Waals surface area contributed by atoms with Gasteiger partial charge in [-0.15, -0.1) is 4.91 Å². The molecule has 1 fully saturated rings. The van der Waals surface area contributed by atoms with Crippen LogP contribution in [-0.2, 0) is 9.53 Å². The van der Waals surface area contributed by atoms with Crippen LogP contribution in [0.15, 0.2) is 10.4 Å². The zero-order chi connectivity index (χ0) is 7.56. The van der Waals surface area contributed by atoms with Crippen LogP contribution >= 0.6 is 0 Å². The molecule has 0 radical (unpaired) electrons. The minimum absolute atomic E-state index is 0.126. The number of carbonyl (C=O) groups is 1. The van der Waals surface area contributed by atoms with Gasteiger partial charge in [0.15, 0.2) is 6.04 Å². The molecule has 1 rings (SSSR count). The van der Waals surface area contributed by atoms with Gasteiger partial charge in [-0.25, -0.2) is 4.79 Å². The third kappa shape index (κ3) is 0.873. The van der Waals surface area contributed by atoms with E-state index in [0.717, 1.165) is 0 Å². The molecule has 0 aromatic carbocycles. The lowest BCUT2D eigenvalue weighted by atomic mass is 10.2. The van der Waals surface area contributed by atoms with E-state index in [-0.39, 0.29) is 6.61 Å². The molecule has 6 nitrogen and oxygen atoms in total. The van der Waals surface area contributed by atoms with Gasteiger partial charge in [-0.1, -0.05) is 10.4 Å². The topological polar surface area (TPSA) is 85.2 Å². The highest BCUT2D eigenvalue weighted by Crippen LogP contribution is 2.13. The molecule has 10 heavy (non-hydrogen) atoms. The first-order valence-electron chi connectivity index (χ1n) is 2.61. The van der Waals surface area contributed by atoms with Crippen molar-refractivity contribution in [2.75, 3.05) is 6.61 Å². The van der Waals surface area contributed by atoms with Gasteiger partial charge in [0.2, 0.25) is 6.04 Å². The van der Waals surface area contributed by atoms with Crippen LogP contribution in [0.25, 0.3) is 0 Å². The fraction of sp³-hybridized carbons (Fsp3) is 0.750. The molecular weight excluding hydrogens is 140 g/mol. The summed E-state index contributed by atoms with van der Waals surface area (Å²) < 4.78 is 4.33. The van der Waals surface area contributed by atoms with E-state index in [1.807, 2.05) is 0 Å². The molecular formula is C4H4N2O4. The molecule has 0 spiro atoms. The molecule has 6 heteroatoms. The molecule has 1 heterocycles. The van der Waals surface area contributed by atoms with E-state index >= 15 is 0 Å². The van der Waals surface area contributed by atoms with Crippen molar-refractivity contribution in [3.05, 3.63) is 9.81 Å². The Hall–Kier alpha value is -1.33. The van der Waals surface area contributed by atoms with Gasteiger partial charge in [0, 0.05) is 0 Å². The molecule has 0 saturated carbocycles. The van der Waals surface area contributed by atoms with Crippen molar-refractivity contribution in [1.29, 1.82) is 0 Å². The summed E-state index contributed by atoms with van der Waals surface area (Å²) in [5.41, 5.74) is 0. The predicted molar refractivity (Wildman–Crippen MR) is 30.1 cm³/mol. The normalized spacial score (nSPS) is 31.4. The van der Waals surface area contributed by atoms with Crippen LogP contribution in [0.4, 0.5) is 0 Å². The standard InChI is InChI=1S/C4H4N2O4/c7-4-3(6-9)2(5-8)1-10-4/h2-3H,1H2. The SMILES string of the molecule is O=NC1COC(=O)C1N=O. The Bertz CT molecular complexity index is 180. The smallest absolute Gasteiger partial charge is 0.337 e. The summed E-state index contributed by atoms with van der Waals surface area (Å²) in [7, 11) is 0. The fourth-order valence-electron chi connectivity index (χ4n) is 0.702. The second-order valence-corrected chi connectivity index (χ2v) is 1.85. The van der Waals surface area contributed by atoms with Crippen molar-refractivity contribution in [3.63, 3.8) is 0 Å². The number of nitrogens with zero attached hydrogens (tertiary/aromatic N) is 2. The third-order valence-corrected chi connectivity index (χ3v) is 1.25. The van der Waals surface area contributed by atoms with Crippen LogP contribution in [0.2, 0.25) is 0 Å². The van der Waals surface area contributed by atoms with Gasteiger partial charge in [0.1, 0.15) is 6.61 Å². The molecule has 1 saturated heterocycles. The lowest BCUT2D eigenvalue weighted by Gasteiger charge is -1.93. The summed E-state index contributed by atoms with van der Waals surface area (Å²) in [5, 5.41) is 4.90. The number of hydrogen-bond acceptors (Lipinski definition) is 6. The highest BCUT2D eigenvalue weighted by molar-refractivity contribution is 5.79. The molecule has 0 aliphatic carbocycles. The maximum atomic E-state index is 10.5. The van der Waals surface area contributed by atoms with Gasteiger partial charge in [0.25, 0.3) is 0 Å². The minimum atomic E-state index is -1.22. The Labute approximate surface area is 55.5 Å². The third-order valence-electron chi connectivity index (χ3n) is 1.25. The van der Waals surface area contributed by atoms with E-state index < -0.39 is 18.1 Å². The fourth-order valence-corrected chi connectivity index (χ4v) is 0.702. The highest BCUT2D eigenvalue weighted by Gasteiger charge is 2.39. The van der Waals surface area contributed by atoms with Crippen molar-refractivity contribution in [2.24, 2.45) is 10.4 Å². The monoisotopic (exact) mass is 144 g/mol. The molecule has 54 valence electrons. The van der Waals surface area contributed by atoms with Gasteiger partial charge in [0.05, 0.1) is 0 Å². The van der Waals surface area contributed by atoms with E-state index in [4.69, 9.17) is 0 Å². The second kappa shape index (κ2) is 2.51. The number of ether oxygens (including phenoxy) is 1. The summed E-state index contributed by atoms with van der Waals surface area (Å²) in [6, 6.07) is -2.15. The Morgan fingerprint density at radius 2 is 2.10 bits per heavy atom. The summed E-state index contributed by atoms with van der Waals surface area (Å²) in [5.74, 6) is -0.764. The van der Waals surface area contributed by atoms with Gasteiger partial charge in [-0.2, -0.15) is 4.91 Å². The van der Waals surface area contributed by atoms with Crippen molar-refractivity contribution >= 4 is 5.97 Å². The Morgan fingerprint density at radius 3 is 2.50 bits per heavy atom. The van der Waals surface area contributed by atoms with Gasteiger partial charge in [-0.3, -0.25) is 0 Å². The molecule has 0 aromatic rings. The summed E-state index contributed by atoms with van der Waals surface area (Å²) in [6.45, 7) is -0.126. The van der Waals surface area contributed by atoms with Gasteiger partial charge < -0.3 is 4.74 Å². The number of cyclic esters (lactones) is 1. The number of hydrogen-bond donors (Lipinski definition) is 0. The van der Waals surface area contributed by atoms with Crippen LogP contribution in [0.1, 0.15) is 0 Å². The summed E-state index contributed by atoms with van der Waals surface area (Å²) in [4.78, 5) is 30.1. The lowest BCUT2D eigenvalue weighted by Crippen LogP contribution is -2.22. The Balaban J connectivity index is 2.71. The van der Waals surface area contributed by atoms with Gasteiger partial charge in [-0.05, 0) is 0 Å². The van der Waals surface area contributed by atoms with E-state index in [1.165, 1.54) is 0 Å². The van der Waals surface area contributed by atoms with E-state index in [9.17, 15) is 14.6 Å². The quantitative estimate of drug-likeness (QED) is 0.397. The number of rotatable bonds is 2. The van der Waals surface area contributed by atoms with E-state index in [0.29, 0.717) is 0 Å². The predicted octanol–water partition coefficient (Wildman–Crippen LogP) is -0.187. The van der Waals surface area contributed by atoms with Crippen LogP contribution < -0.4 is 0 Å². The Morgan fingerprint density at radius 1 is 1.40 bits per heavy atom. The molecule has 1 aliphatic heterocycles. The lowest BCUT2D eigenvalue weighted by molar-refractivity contribution is -0.138. The van der Waals surface area contributed by atoms with Crippen molar-refractivity contribution < 1.29 is 9.53 Å². The van der Waals surface area contributed by atoms with Crippen molar-refractivity contribution in [2.45, 2.75) is 12.1 Å². The molecule has 2 atom stereocenters. The number of carbonyl (C=O) groups excluding carboxylic acids is 1. The first-order chi connectivity index (χ1) is 4.79. The van der Waals surface area contributed by atoms with Crippen LogP contribution in [0.5, 0.6) is 0 Å². The zero-order valence-corrected chi connectivity index (χ0v) is 4.89. The molecule has 2 unspecified atom stereocenters. The molecule has 1 aliphatic rings. The zero-order valence-electron chi connectivity index (χ0n) is 4.89. The second-order valence-electron chi connectivity index (χ2n) is 1.85. The van der Waals surface area contributed by atoms with Crippen molar-refractivity contribution in [3.8, 4) is 0 Å². The van der Waals surface area contributed by atoms with E-state index in [1.54, 1.807) is 0 Å². The van der Waals surface area contributed by atoms with E-state index in [2.05, 4.69) is 15.1 Å². The highest BCUT2D eigenvalue weighted by atomic mass is 16.5. The molecule has 0 bridgehead atoms. The van der Waals surface area contributed by atoms with Crippen LogP contribution in [-0.4, -0.2) is 24.7 Å². The number of nitroso groups, excluding NO2 is 2.